The van der Waals surface area contributed by atoms with E-state index in [-0.39, 0.29) is 29.6 Å². The van der Waals surface area contributed by atoms with Gasteiger partial charge in [-0.25, -0.2) is 4.39 Å². The SMILES string of the molecule is Cc1ccccc1C1CN(CC(O)CN2CCOCC2)CC1CN(C(=O)c1ccc(F)cc1)C(C)C. The standard InChI is InChI=1S/C29H40FN3O3/c1-21(2)33(29(35)23-8-10-25(30)11-9-23)17-24-16-32(19-26(34)18-31-12-14-36-15-13-31)20-28(24)27-7-5-4-6-22(27)3/h4-11,21,24,26,28,34H,12-20H2,1-3H3. The molecular weight excluding hydrogens is 457 g/mol. The van der Waals surface area contributed by atoms with Gasteiger partial charge in [0.25, 0.3) is 5.91 Å². The Morgan fingerprint density at radius 2 is 1.72 bits per heavy atom. The maximum atomic E-state index is 13.4. The predicted octanol–water partition coefficient (Wildman–Crippen LogP) is 3.39. The number of nitrogens with zero attached hydrogens (tertiary/aromatic N) is 3. The highest BCUT2D eigenvalue weighted by Crippen LogP contribution is 2.35. The lowest BCUT2D eigenvalue weighted by Crippen LogP contribution is -2.44. The Morgan fingerprint density at radius 1 is 1.06 bits per heavy atom. The normalized spacial score (nSPS) is 22.2. The third kappa shape index (κ3) is 6.71. The molecule has 1 N–H and O–H groups in total. The maximum Gasteiger partial charge on any atom is 0.254 e. The van der Waals surface area contributed by atoms with Gasteiger partial charge in [-0.2, -0.15) is 0 Å². The molecular formula is C29H40FN3O3. The monoisotopic (exact) mass is 497 g/mol. The summed E-state index contributed by atoms with van der Waals surface area (Å²) in [6.45, 7) is 12.9. The first-order chi connectivity index (χ1) is 17.3. The number of carbonyl (C=O) groups excluding carboxylic acids is 1. The molecule has 3 unspecified atom stereocenters. The minimum atomic E-state index is -0.429. The van der Waals surface area contributed by atoms with Crippen LogP contribution in [0.15, 0.2) is 48.5 Å². The van der Waals surface area contributed by atoms with E-state index in [2.05, 4.69) is 41.0 Å². The number of hydrogen-bond donors (Lipinski definition) is 1. The van der Waals surface area contributed by atoms with Crippen LogP contribution in [0.4, 0.5) is 4.39 Å². The van der Waals surface area contributed by atoms with Crippen molar-refractivity contribution < 1.29 is 19.0 Å². The Morgan fingerprint density at radius 3 is 2.39 bits per heavy atom. The third-order valence-electron chi connectivity index (χ3n) is 7.55. The van der Waals surface area contributed by atoms with Gasteiger partial charge in [-0.15, -0.1) is 0 Å². The van der Waals surface area contributed by atoms with Crippen molar-refractivity contribution in [3.63, 3.8) is 0 Å². The molecule has 2 heterocycles. The molecule has 36 heavy (non-hydrogen) atoms. The highest BCUT2D eigenvalue weighted by atomic mass is 19.1. The van der Waals surface area contributed by atoms with Crippen LogP contribution in [0.5, 0.6) is 0 Å². The largest absolute Gasteiger partial charge is 0.390 e. The molecule has 1 amide bonds. The van der Waals surface area contributed by atoms with E-state index in [1.54, 1.807) is 12.1 Å². The average Bonchev–Trinajstić information content (AvgIpc) is 3.25. The van der Waals surface area contributed by atoms with Gasteiger partial charge in [-0.05, 0) is 62.1 Å². The Labute approximate surface area is 214 Å². The molecule has 0 aliphatic carbocycles. The Kier molecular flexibility index (Phi) is 9.12. The van der Waals surface area contributed by atoms with Crippen LogP contribution in [0.2, 0.25) is 0 Å². The molecule has 3 atom stereocenters. The Balaban J connectivity index is 1.50. The fraction of sp³-hybridized carbons (Fsp3) is 0.552. The topological polar surface area (TPSA) is 56.2 Å². The number of likely N-dealkylation sites (tertiary alicyclic amines) is 1. The van der Waals surface area contributed by atoms with Crippen LogP contribution in [-0.2, 0) is 4.74 Å². The lowest BCUT2D eigenvalue weighted by molar-refractivity contribution is 0.00815. The molecule has 2 saturated heterocycles. The van der Waals surface area contributed by atoms with Crippen LogP contribution in [-0.4, -0.2) is 96.9 Å². The zero-order valence-corrected chi connectivity index (χ0v) is 21.8. The molecule has 196 valence electrons. The van der Waals surface area contributed by atoms with E-state index in [0.717, 1.165) is 39.4 Å². The fourth-order valence-electron chi connectivity index (χ4n) is 5.63. The number of carbonyl (C=O) groups is 1. The van der Waals surface area contributed by atoms with E-state index in [1.807, 2.05) is 18.7 Å². The molecule has 0 saturated carbocycles. The number of aliphatic hydroxyl groups excluding tert-OH is 1. The van der Waals surface area contributed by atoms with Gasteiger partial charge in [0.2, 0.25) is 0 Å². The van der Waals surface area contributed by atoms with Gasteiger partial charge in [-0.1, -0.05) is 24.3 Å². The number of morpholine rings is 1. The number of aliphatic hydroxyl groups is 1. The van der Waals surface area contributed by atoms with E-state index in [9.17, 15) is 14.3 Å². The van der Waals surface area contributed by atoms with Gasteiger partial charge in [0.1, 0.15) is 5.82 Å². The average molecular weight is 498 g/mol. The van der Waals surface area contributed by atoms with Crippen molar-refractivity contribution in [2.24, 2.45) is 5.92 Å². The van der Waals surface area contributed by atoms with Crippen LogP contribution in [0.25, 0.3) is 0 Å². The van der Waals surface area contributed by atoms with Gasteiger partial charge >= 0.3 is 0 Å². The number of benzene rings is 2. The van der Waals surface area contributed by atoms with Crippen LogP contribution in [0, 0.1) is 18.7 Å². The van der Waals surface area contributed by atoms with Crippen LogP contribution >= 0.6 is 0 Å². The Hall–Kier alpha value is -2.32. The van der Waals surface area contributed by atoms with Gasteiger partial charge in [0.05, 0.1) is 19.3 Å². The summed E-state index contributed by atoms with van der Waals surface area (Å²) in [6, 6.07) is 14.3. The molecule has 2 aliphatic rings. The number of ether oxygens (including phenoxy) is 1. The first kappa shape index (κ1) is 26.7. The summed E-state index contributed by atoms with van der Waals surface area (Å²) in [6.07, 6.45) is -0.429. The molecule has 0 radical (unpaired) electrons. The van der Waals surface area contributed by atoms with Crippen molar-refractivity contribution in [2.45, 2.75) is 38.8 Å². The highest BCUT2D eigenvalue weighted by Gasteiger charge is 2.37. The van der Waals surface area contributed by atoms with Crippen molar-refractivity contribution >= 4 is 5.91 Å². The molecule has 0 aromatic heterocycles. The zero-order chi connectivity index (χ0) is 25.7. The lowest BCUT2D eigenvalue weighted by Gasteiger charge is -2.32. The summed E-state index contributed by atoms with van der Waals surface area (Å²) in [5, 5.41) is 10.9. The summed E-state index contributed by atoms with van der Waals surface area (Å²) in [7, 11) is 0. The van der Waals surface area contributed by atoms with E-state index >= 15 is 0 Å². The summed E-state index contributed by atoms with van der Waals surface area (Å²) in [5.41, 5.74) is 3.07. The third-order valence-corrected chi connectivity index (χ3v) is 7.55. The molecule has 7 heteroatoms. The van der Waals surface area contributed by atoms with Crippen molar-refractivity contribution in [3.8, 4) is 0 Å². The lowest BCUT2D eigenvalue weighted by atomic mass is 9.86. The maximum absolute atomic E-state index is 13.4. The summed E-state index contributed by atoms with van der Waals surface area (Å²) in [4.78, 5) is 19.9. The summed E-state index contributed by atoms with van der Waals surface area (Å²) in [5.74, 6) is 0.0845. The predicted molar refractivity (Wildman–Crippen MR) is 140 cm³/mol. The minimum absolute atomic E-state index is 0.0148. The second-order valence-corrected chi connectivity index (χ2v) is 10.6. The number of hydrogen-bond acceptors (Lipinski definition) is 5. The van der Waals surface area contributed by atoms with Gasteiger partial charge in [-0.3, -0.25) is 14.6 Å². The number of β-amino-alcohol motifs (C(OH)–C–C–N with tert-alkyl or cyclic N) is 1. The molecule has 4 rings (SSSR count). The molecule has 0 bridgehead atoms. The van der Waals surface area contributed by atoms with E-state index in [0.29, 0.717) is 25.2 Å². The van der Waals surface area contributed by atoms with E-state index in [1.165, 1.54) is 23.3 Å². The molecule has 2 aliphatic heterocycles. The molecule has 2 fully saturated rings. The molecule has 6 nitrogen and oxygen atoms in total. The van der Waals surface area contributed by atoms with Crippen LogP contribution < -0.4 is 0 Å². The van der Waals surface area contributed by atoms with Crippen molar-refractivity contribution in [3.05, 3.63) is 71.0 Å². The quantitative estimate of drug-likeness (QED) is 0.576. The van der Waals surface area contributed by atoms with Crippen molar-refractivity contribution in [2.75, 3.05) is 59.0 Å². The first-order valence-corrected chi connectivity index (χ1v) is 13.1. The summed E-state index contributed by atoms with van der Waals surface area (Å²) < 4.78 is 18.9. The molecule has 2 aromatic rings. The smallest absolute Gasteiger partial charge is 0.254 e. The second-order valence-electron chi connectivity index (χ2n) is 10.6. The van der Waals surface area contributed by atoms with E-state index in [4.69, 9.17) is 4.74 Å². The van der Waals surface area contributed by atoms with Gasteiger partial charge < -0.3 is 14.7 Å². The van der Waals surface area contributed by atoms with Crippen molar-refractivity contribution in [1.29, 1.82) is 0 Å². The molecule has 2 aromatic carbocycles. The number of halogens is 1. The Bertz CT molecular complexity index is 994. The van der Waals surface area contributed by atoms with Crippen molar-refractivity contribution in [1.82, 2.24) is 14.7 Å². The number of aryl methyl sites for hydroxylation is 1. The van der Waals surface area contributed by atoms with Gasteiger partial charge in [0, 0.05) is 63.3 Å². The summed E-state index contributed by atoms with van der Waals surface area (Å²) >= 11 is 0. The minimum Gasteiger partial charge on any atom is -0.390 e. The molecule has 0 spiro atoms. The van der Waals surface area contributed by atoms with Crippen LogP contribution in [0.1, 0.15) is 41.3 Å². The second kappa shape index (κ2) is 12.3. The fourth-order valence-corrected chi connectivity index (χ4v) is 5.63. The number of amides is 1. The highest BCUT2D eigenvalue weighted by molar-refractivity contribution is 5.94. The number of rotatable bonds is 9. The first-order valence-electron chi connectivity index (χ1n) is 13.1. The van der Waals surface area contributed by atoms with Gasteiger partial charge in [0.15, 0.2) is 0 Å². The zero-order valence-electron chi connectivity index (χ0n) is 21.8. The van der Waals surface area contributed by atoms with Crippen LogP contribution in [0.3, 0.4) is 0 Å². The van der Waals surface area contributed by atoms with E-state index < -0.39 is 6.10 Å².